The van der Waals surface area contributed by atoms with E-state index in [0.717, 1.165) is 35.0 Å². The van der Waals surface area contributed by atoms with E-state index in [4.69, 9.17) is 0 Å². The first-order chi connectivity index (χ1) is 13.1. The van der Waals surface area contributed by atoms with Crippen molar-refractivity contribution in [1.29, 1.82) is 0 Å². The van der Waals surface area contributed by atoms with E-state index in [1.165, 1.54) is 5.56 Å². The van der Waals surface area contributed by atoms with Crippen LogP contribution in [0.15, 0.2) is 60.0 Å². The number of thiazole rings is 1. The van der Waals surface area contributed by atoms with Crippen molar-refractivity contribution in [3.8, 4) is 11.3 Å². The van der Waals surface area contributed by atoms with Gasteiger partial charge in [-0.25, -0.2) is 4.98 Å². The van der Waals surface area contributed by atoms with Crippen molar-refractivity contribution in [2.45, 2.75) is 26.7 Å². The molecule has 1 aromatic heterocycles. The molecule has 140 valence electrons. The molecule has 4 nitrogen and oxygen atoms in total. The van der Waals surface area contributed by atoms with Crippen molar-refractivity contribution in [1.82, 2.24) is 4.98 Å². The Morgan fingerprint density at radius 2 is 1.81 bits per heavy atom. The Hall–Kier alpha value is -2.66. The molecule has 0 bridgehead atoms. The van der Waals surface area contributed by atoms with Crippen molar-refractivity contribution in [2.75, 3.05) is 17.2 Å². The Balaban J connectivity index is 1.53. The number of amides is 1. The van der Waals surface area contributed by atoms with Gasteiger partial charge in [0.15, 0.2) is 5.13 Å². The second-order valence-corrected chi connectivity index (χ2v) is 7.78. The largest absolute Gasteiger partial charge is 0.361 e. The maximum atomic E-state index is 11.9. The number of nitrogens with zero attached hydrogens (tertiary/aromatic N) is 1. The zero-order chi connectivity index (χ0) is 19.1. The van der Waals surface area contributed by atoms with Crippen LogP contribution < -0.4 is 10.6 Å². The molecule has 0 radical (unpaired) electrons. The zero-order valence-electron chi connectivity index (χ0n) is 15.7. The molecule has 0 atom stereocenters. The first-order valence-corrected chi connectivity index (χ1v) is 10.1. The summed E-state index contributed by atoms with van der Waals surface area (Å²) in [5.41, 5.74) is 4.13. The minimum atomic E-state index is 0.0521. The molecule has 5 heteroatoms. The highest BCUT2D eigenvalue weighted by Crippen LogP contribution is 2.26. The van der Waals surface area contributed by atoms with Gasteiger partial charge in [-0.3, -0.25) is 4.79 Å². The fraction of sp³-hybridized carbons (Fsp3) is 0.273. The van der Waals surface area contributed by atoms with Crippen LogP contribution in [0.5, 0.6) is 0 Å². The maximum Gasteiger partial charge on any atom is 0.224 e. The van der Waals surface area contributed by atoms with Gasteiger partial charge in [-0.05, 0) is 30.0 Å². The van der Waals surface area contributed by atoms with Crippen molar-refractivity contribution < 1.29 is 4.79 Å². The lowest BCUT2D eigenvalue weighted by atomic mass is 10.1. The molecular weight excluding hydrogens is 354 g/mol. The summed E-state index contributed by atoms with van der Waals surface area (Å²) in [6, 6.07) is 18.3. The average molecular weight is 380 g/mol. The predicted molar refractivity (Wildman–Crippen MR) is 114 cm³/mol. The molecule has 0 aliphatic rings. The molecule has 0 aliphatic carbocycles. The van der Waals surface area contributed by atoms with Crippen LogP contribution in [0.4, 0.5) is 10.8 Å². The minimum Gasteiger partial charge on any atom is -0.361 e. The minimum absolute atomic E-state index is 0.0521. The Bertz CT molecular complexity index is 857. The molecule has 3 rings (SSSR count). The van der Waals surface area contributed by atoms with Crippen LogP contribution in [0.1, 0.15) is 25.8 Å². The van der Waals surface area contributed by atoms with Gasteiger partial charge in [-0.15, -0.1) is 11.3 Å². The van der Waals surface area contributed by atoms with Gasteiger partial charge in [0, 0.05) is 29.6 Å². The van der Waals surface area contributed by atoms with Crippen molar-refractivity contribution >= 4 is 28.1 Å². The standard InChI is InChI=1S/C22H25N3OS/c1-16(2)14-21(26)24-19-10-8-18(9-11-19)20-15-27-22(25-20)23-13-12-17-6-4-3-5-7-17/h3-11,15-16H,12-14H2,1-2H3,(H,23,25)(H,24,26). The monoisotopic (exact) mass is 379 g/mol. The van der Waals surface area contributed by atoms with Crippen LogP contribution in [0.2, 0.25) is 0 Å². The number of carbonyl (C=O) groups excluding carboxylic acids is 1. The van der Waals surface area contributed by atoms with E-state index in [9.17, 15) is 4.79 Å². The highest BCUT2D eigenvalue weighted by molar-refractivity contribution is 7.14. The zero-order valence-corrected chi connectivity index (χ0v) is 16.6. The van der Waals surface area contributed by atoms with Crippen LogP contribution in [0.25, 0.3) is 11.3 Å². The van der Waals surface area contributed by atoms with Gasteiger partial charge in [0.2, 0.25) is 5.91 Å². The topological polar surface area (TPSA) is 54.0 Å². The smallest absolute Gasteiger partial charge is 0.224 e. The number of hydrogen-bond acceptors (Lipinski definition) is 4. The fourth-order valence-electron chi connectivity index (χ4n) is 2.75. The fourth-order valence-corrected chi connectivity index (χ4v) is 3.50. The number of hydrogen-bond donors (Lipinski definition) is 2. The van der Waals surface area contributed by atoms with Gasteiger partial charge in [0.25, 0.3) is 0 Å². The molecule has 2 N–H and O–H groups in total. The van der Waals surface area contributed by atoms with Gasteiger partial charge in [0.05, 0.1) is 5.69 Å². The van der Waals surface area contributed by atoms with E-state index >= 15 is 0 Å². The summed E-state index contributed by atoms with van der Waals surface area (Å²) in [5.74, 6) is 0.406. The SMILES string of the molecule is CC(C)CC(=O)Nc1ccc(-c2csc(NCCc3ccccc3)n2)cc1. The predicted octanol–water partition coefficient (Wildman–Crippen LogP) is 5.45. The number of benzene rings is 2. The van der Waals surface area contributed by atoms with E-state index in [-0.39, 0.29) is 5.91 Å². The number of nitrogens with one attached hydrogen (secondary N) is 2. The van der Waals surface area contributed by atoms with E-state index in [2.05, 4.69) is 45.3 Å². The Labute approximate surface area is 164 Å². The lowest BCUT2D eigenvalue weighted by Crippen LogP contribution is -2.13. The highest BCUT2D eigenvalue weighted by Gasteiger charge is 2.07. The van der Waals surface area contributed by atoms with Gasteiger partial charge >= 0.3 is 0 Å². The molecule has 1 heterocycles. The van der Waals surface area contributed by atoms with E-state index in [0.29, 0.717) is 12.3 Å². The molecule has 2 aromatic carbocycles. The number of anilines is 2. The quantitative estimate of drug-likeness (QED) is 0.547. The molecule has 0 saturated heterocycles. The van der Waals surface area contributed by atoms with Crippen LogP contribution in [0.3, 0.4) is 0 Å². The second kappa shape index (κ2) is 9.33. The molecule has 27 heavy (non-hydrogen) atoms. The van der Waals surface area contributed by atoms with Gasteiger partial charge in [0.1, 0.15) is 0 Å². The summed E-state index contributed by atoms with van der Waals surface area (Å²) in [4.78, 5) is 16.5. The molecule has 3 aromatic rings. The molecule has 0 fully saturated rings. The lowest BCUT2D eigenvalue weighted by molar-refractivity contribution is -0.116. The maximum absolute atomic E-state index is 11.9. The van der Waals surface area contributed by atoms with Crippen LogP contribution >= 0.6 is 11.3 Å². The highest BCUT2D eigenvalue weighted by atomic mass is 32.1. The number of rotatable bonds is 8. The van der Waals surface area contributed by atoms with Crippen molar-refractivity contribution in [2.24, 2.45) is 5.92 Å². The molecule has 0 unspecified atom stereocenters. The summed E-state index contributed by atoms with van der Waals surface area (Å²) < 4.78 is 0. The normalized spacial score (nSPS) is 10.8. The number of aromatic nitrogens is 1. The Kier molecular flexibility index (Phi) is 6.60. The summed E-state index contributed by atoms with van der Waals surface area (Å²) >= 11 is 1.61. The summed E-state index contributed by atoms with van der Waals surface area (Å²) in [5, 5.41) is 9.30. The van der Waals surface area contributed by atoms with Gasteiger partial charge in [-0.1, -0.05) is 56.3 Å². The van der Waals surface area contributed by atoms with Crippen molar-refractivity contribution in [3.63, 3.8) is 0 Å². The Morgan fingerprint density at radius 3 is 2.52 bits per heavy atom. The molecule has 0 saturated carbocycles. The molecule has 0 spiro atoms. The summed E-state index contributed by atoms with van der Waals surface area (Å²) in [6.07, 6.45) is 1.51. The summed E-state index contributed by atoms with van der Waals surface area (Å²) in [7, 11) is 0. The van der Waals surface area contributed by atoms with Crippen LogP contribution in [-0.2, 0) is 11.2 Å². The Morgan fingerprint density at radius 1 is 1.07 bits per heavy atom. The molecule has 0 aliphatic heterocycles. The lowest BCUT2D eigenvalue weighted by Gasteiger charge is -2.07. The molecule has 1 amide bonds. The van der Waals surface area contributed by atoms with Gasteiger partial charge in [-0.2, -0.15) is 0 Å². The average Bonchev–Trinajstić information content (AvgIpc) is 3.11. The summed E-state index contributed by atoms with van der Waals surface area (Å²) in [6.45, 7) is 4.94. The first-order valence-electron chi connectivity index (χ1n) is 9.24. The van der Waals surface area contributed by atoms with Crippen LogP contribution in [-0.4, -0.2) is 17.4 Å². The number of carbonyl (C=O) groups is 1. The van der Waals surface area contributed by atoms with E-state index in [1.54, 1.807) is 11.3 Å². The third-order valence-electron chi connectivity index (χ3n) is 4.09. The third-order valence-corrected chi connectivity index (χ3v) is 4.89. The molecular formula is C22H25N3OS. The van der Waals surface area contributed by atoms with Gasteiger partial charge < -0.3 is 10.6 Å². The first kappa shape index (κ1) is 19.1. The van der Waals surface area contributed by atoms with E-state index in [1.807, 2.05) is 44.2 Å². The third kappa shape index (κ3) is 5.93. The van der Waals surface area contributed by atoms with Crippen LogP contribution in [0, 0.1) is 5.92 Å². The van der Waals surface area contributed by atoms with Crippen molar-refractivity contribution in [3.05, 3.63) is 65.5 Å². The van der Waals surface area contributed by atoms with E-state index < -0.39 is 0 Å². The second-order valence-electron chi connectivity index (χ2n) is 6.92.